The predicted molar refractivity (Wildman–Crippen MR) is 127 cm³/mol. The van der Waals surface area contributed by atoms with E-state index in [9.17, 15) is 5.11 Å². The Morgan fingerprint density at radius 3 is 2.71 bits per heavy atom. The molecule has 9 unspecified atom stereocenters. The third-order valence-electron chi connectivity index (χ3n) is 11.3. The molecule has 1 N–H and O–H groups in total. The average Bonchev–Trinajstić information content (AvgIpc) is 3.16. The van der Waals surface area contributed by atoms with Gasteiger partial charge >= 0.3 is 0 Å². The molecule has 9 atom stereocenters. The van der Waals surface area contributed by atoms with Gasteiger partial charge in [-0.2, -0.15) is 0 Å². The molecule has 31 heavy (non-hydrogen) atoms. The minimum absolute atomic E-state index is 0.0370. The van der Waals surface area contributed by atoms with Crippen molar-refractivity contribution in [1.82, 2.24) is 0 Å². The number of allylic oxidation sites excluding steroid dienone is 3. The molecule has 3 fully saturated rings. The fraction of sp³-hybridized carbons (Fsp3) is 0.862. The van der Waals surface area contributed by atoms with Gasteiger partial charge in [-0.05, 0) is 86.5 Å². The molecule has 5 aliphatic rings. The highest BCUT2D eigenvalue weighted by Gasteiger charge is 2.70. The van der Waals surface area contributed by atoms with Crippen molar-refractivity contribution in [1.29, 1.82) is 0 Å². The first-order valence-corrected chi connectivity index (χ1v) is 13.4. The summed E-state index contributed by atoms with van der Waals surface area (Å²) in [7, 11) is 0. The van der Waals surface area contributed by atoms with Crippen molar-refractivity contribution in [2.75, 3.05) is 0 Å². The van der Waals surface area contributed by atoms with Crippen LogP contribution in [0.3, 0.4) is 0 Å². The largest absolute Gasteiger partial charge is 0.494 e. The lowest BCUT2D eigenvalue weighted by Crippen LogP contribution is -2.60. The van der Waals surface area contributed by atoms with Crippen LogP contribution in [0, 0.1) is 40.4 Å². The standard InChI is InChI=1S/C29H46O2/c1-7-18(2)8-11-24-20(4)26-25(31-24)17-29(30)23-10-9-21-16-19(3)12-14-27(21,5)22(23)13-15-28(26,29)6/h9,18-19,22-23,25-26,30H,7-8,10-17H2,1-6H3. The molecule has 1 aliphatic heterocycles. The Balaban J connectivity index is 1.43. The van der Waals surface area contributed by atoms with E-state index in [1.54, 1.807) is 5.57 Å². The van der Waals surface area contributed by atoms with Crippen molar-refractivity contribution < 1.29 is 9.84 Å². The van der Waals surface area contributed by atoms with Crippen LogP contribution in [-0.4, -0.2) is 16.8 Å². The maximum atomic E-state index is 12.5. The third kappa shape index (κ3) is 2.99. The molecule has 174 valence electrons. The zero-order chi connectivity index (χ0) is 22.2. The summed E-state index contributed by atoms with van der Waals surface area (Å²) >= 11 is 0. The molecule has 2 heteroatoms. The van der Waals surface area contributed by atoms with Crippen LogP contribution < -0.4 is 0 Å². The summed E-state index contributed by atoms with van der Waals surface area (Å²) in [5.41, 5.74) is 2.89. The number of hydrogen-bond acceptors (Lipinski definition) is 2. The number of hydrogen-bond donors (Lipinski definition) is 1. The van der Waals surface area contributed by atoms with Crippen LogP contribution in [0.25, 0.3) is 0 Å². The van der Waals surface area contributed by atoms with Crippen LogP contribution in [0.5, 0.6) is 0 Å². The van der Waals surface area contributed by atoms with Crippen LogP contribution in [-0.2, 0) is 4.74 Å². The molecule has 4 aliphatic carbocycles. The summed E-state index contributed by atoms with van der Waals surface area (Å²) in [6.07, 6.45) is 14.6. The smallest absolute Gasteiger partial charge is 0.108 e. The molecule has 3 saturated carbocycles. The molecule has 0 radical (unpaired) electrons. The van der Waals surface area contributed by atoms with E-state index in [4.69, 9.17) is 4.74 Å². The lowest BCUT2D eigenvalue weighted by molar-refractivity contribution is -0.176. The Hall–Kier alpha value is -0.760. The van der Waals surface area contributed by atoms with Gasteiger partial charge in [0, 0.05) is 24.2 Å². The normalized spacial score (nSPS) is 49.5. The third-order valence-corrected chi connectivity index (χ3v) is 11.3. The monoisotopic (exact) mass is 426 g/mol. The minimum Gasteiger partial charge on any atom is -0.494 e. The Labute approximate surface area is 190 Å². The summed E-state index contributed by atoms with van der Waals surface area (Å²) in [5.74, 6) is 4.31. The fourth-order valence-electron chi connectivity index (χ4n) is 8.98. The summed E-state index contributed by atoms with van der Waals surface area (Å²) in [6, 6.07) is 0. The molecule has 0 aromatic rings. The van der Waals surface area contributed by atoms with E-state index in [2.05, 4.69) is 47.6 Å². The zero-order valence-electron chi connectivity index (χ0n) is 21.0. The van der Waals surface area contributed by atoms with Gasteiger partial charge < -0.3 is 9.84 Å². The first-order valence-electron chi connectivity index (χ1n) is 13.4. The molecule has 0 aromatic heterocycles. The van der Waals surface area contributed by atoms with Crippen molar-refractivity contribution in [2.45, 2.75) is 117 Å². The second kappa shape index (κ2) is 7.37. The molecule has 5 rings (SSSR count). The second-order valence-corrected chi connectivity index (χ2v) is 12.8. The van der Waals surface area contributed by atoms with Crippen molar-refractivity contribution in [3.63, 3.8) is 0 Å². The van der Waals surface area contributed by atoms with E-state index in [0.717, 1.165) is 37.5 Å². The molecule has 0 aromatic carbocycles. The molecular formula is C29H46O2. The van der Waals surface area contributed by atoms with E-state index < -0.39 is 5.60 Å². The molecule has 0 spiro atoms. The first kappa shape index (κ1) is 22.1. The van der Waals surface area contributed by atoms with Gasteiger partial charge in [0.2, 0.25) is 0 Å². The summed E-state index contributed by atoms with van der Waals surface area (Å²) in [5, 5.41) is 12.5. The number of aliphatic hydroxyl groups is 1. The van der Waals surface area contributed by atoms with Crippen LogP contribution >= 0.6 is 0 Å². The second-order valence-electron chi connectivity index (χ2n) is 12.8. The van der Waals surface area contributed by atoms with Crippen LogP contribution in [0.4, 0.5) is 0 Å². The Morgan fingerprint density at radius 1 is 1.19 bits per heavy atom. The van der Waals surface area contributed by atoms with Crippen molar-refractivity contribution in [3.05, 3.63) is 23.0 Å². The van der Waals surface area contributed by atoms with E-state index in [1.807, 2.05) is 0 Å². The average molecular weight is 427 g/mol. The van der Waals surface area contributed by atoms with E-state index >= 15 is 0 Å². The van der Waals surface area contributed by atoms with E-state index in [1.165, 1.54) is 49.9 Å². The Morgan fingerprint density at radius 2 is 1.97 bits per heavy atom. The molecule has 0 bridgehead atoms. The topological polar surface area (TPSA) is 29.5 Å². The predicted octanol–water partition coefficient (Wildman–Crippen LogP) is 7.43. The van der Waals surface area contributed by atoms with Gasteiger partial charge in [0.15, 0.2) is 0 Å². The number of fused-ring (bicyclic) bond motifs is 7. The first-order chi connectivity index (χ1) is 14.6. The minimum atomic E-state index is -0.581. The van der Waals surface area contributed by atoms with Crippen LogP contribution in [0.2, 0.25) is 0 Å². The molecule has 2 nitrogen and oxygen atoms in total. The number of ether oxygens (including phenoxy) is 1. The van der Waals surface area contributed by atoms with Crippen LogP contribution in [0.1, 0.15) is 106 Å². The lowest BCUT2D eigenvalue weighted by Gasteiger charge is -2.61. The molecule has 0 saturated heterocycles. The van der Waals surface area contributed by atoms with Gasteiger partial charge in [-0.15, -0.1) is 0 Å². The highest BCUT2D eigenvalue weighted by molar-refractivity contribution is 5.33. The summed E-state index contributed by atoms with van der Waals surface area (Å²) in [4.78, 5) is 0. The SMILES string of the molecule is CCC(C)CCC1=C(C)C2C(CC3(O)C4CC=C5CC(C)CCC5(C)C4CCC23C)O1. The molecule has 0 amide bonds. The molecule has 1 heterocycles. The quantitative estimate of drug-likeness (QED) is 0.474. The van der Waals surface area contributed by atoms with Gasteiger partial charge in [-0.3, -0.25) is 0 Å². The Bertz CT molecular complexity index is 795. The fourth-order valence-corrected chi connectivity index (χ4v) is 8.98. The molecular weight excluding hydrogens is 380 g/mol. The highest BCUT2D eigenvalue weighted by Crippen LogP contribution is 2.70. The van der Waals surface area contributed by atoms with Gasteiger partial charge in [0.05, 0.1) is 11.4 Å². The van der Waals surface area contributed by atoms with E-state index in [-0.39, 0.29) is 11.5 Å². The Kier molecular flexibility index (Phi) is 5.24. The number of rotatable bonds is 4. The van der Waals surface area contributed by atoms with Gasteiger partial charge in [-0.1, -0.05) is 52.7 Å². The van der Waals surface area contributed by atoms with Crippen LogP contribution in [0.15, 0.2) is 23.0 Å². The zero-order valence-corrected chi connectivity index (χ0v) is 21.0. The van der Waals surface area contributed by atoms with Crippen molar-refractivity contribution >= 4 is 0 Å². The highest BCUT2D eigenvalue weighted by atomic mass is 16.5. The van der Waals surface area contributed by atoms with Gasteiger partial charge in [-0.25, -0.2) is 0 Å². The van der Waals surface area contributed by atoms with Gasteiger partial charge in [0.1, 0.15) is 6.10 Å². The van der Waals surface area contributed by atoms with Crippen molar-refractivity contribution in [2.24, 2.45) is 40.4 Å². The maximum Gasteiger partial charge on any atom is 0.108 e. The van der Waals surface area contributed by atoms with Crippen molar-refractivity contribution in [3.8, 4) is 0 Å². The van der Waals surface area contributed by atoms with E-state index in [0.29, 0.717) is 23.2 Å². The van der Waals surface area contributed by atoms with Gasteiger partial charge in [0.25, 0.3) is 0 Å². The maximum absolute atomic E-state index is 12.5. The summed E-state index contributed by atoms with van der Waals surface area (Å²) in [6.45, 7) is 14.3. The summed E-state index contributed by atoms with van der Waals surface area (Å²) < 4.78 is 6.64. The lowest BCUT2D eigenvalue weighted by atomic mass is 9.45.